The lowest BCUT2D eigenvalue weighted by Crippen LogP contribution is -2.37. The summed E-state index contributed by atoms with van der Waals surface area (Å²) in [7, 11) is -3.73. The largest absolute Gasteiger partial charge is 0.480 e. The Morgan fingerprint density at radius 2 is 1.77 bits per heavy atom. The van der Waals surface area contributed by atoms with Crippen LogP contribution in [0.25, 0.3) is 6.08 Å². The number of hydrogen-bond donors (Lipinski definition) is 1. The van der Waals surface area contributed by atoms with Crippen molar-refractivity contribution in [1.82, 2.24) is 0 Å². The maximum atomic E-state index is 13.3. The van der Waals surface area contributed by atoms with Crippen molar-refractivity contribution in [2.45, 2.75) is 50.2 Å². The molecule has 35 heavy (non-hydrogen) atoms. The van der Waals surface area contributed by atoms with Gasteiger partial charge in [0.25, 0.3) is 10.0 Å². The summed E-state index contributed by atoms with van der Waals surface area (Å²) in [5.41, 5.74) is 2.27. The van der Waals surface area contributed by atoms with Crippen LogP contribution in [-0.2, 0) is 26.8 Å². The van der Waals surface area contributed by atoms with Gasteiger partial charge >= 0.3 is 0 Å². The third kappa shape index (κ3) is 6.10. The van der Waals surface area contributed by atoms with Crippen LogP contribution < -0.4 is 9.46 Å². The summed E-state index contributed by atoms with van der Waals surface area (Å²) < 4.78 is 53.7. The zero-order valence-corrected chi connectivity index (χ0v) is 21.2. The number of sulfonamides is 1. The molecule has 0 radical (unpaired) electrons. The molecule has 5 nitrogen and oxygen atoms in total. The number of nitrogens with one attached hydrogen (secondary N) is 1. The van der Waals surface area contributed by atoms with E-state index in [0.717, 1.165) is 16.7 Å². The van der Waals surface area contributed by atoms with Gasteiger partial charge in [0, 0.05) is 11.3 Å². The van der Waals surface area contributed by atoms with Crippen molar-refractivity contribution in [1.29, 1.82) is 0 Å². The number of benzene rings is 3. The molecule has 0 aromatic heterocycles. The minimum Gasteiger partial charge on any atom is -0.480 e. The Morgan fingerprint density at radius 3 is 2.46 bits per heavy atom. The van der Waals surface area contributed by atoms with Gasteiger partial charge in [-0.3, -0.25) is 4.72 Å². The second-order valence-electron chi connectivity index (χ2n) is 10.0. The molecule has 1 aliphatic rings. The van der Waals surface area contributed by atoms with E-state index >= 15 is 0 Å². The number of ether oxygens (including phenoxy) is 2. The van der Waals surface area contributed by atoms with E-state index < -0.39 is 15.6 Å². The molecule has 1 atom stereocenters. The zero-order chi connectivity index (χ0) is 25.3. The monoisotopic (exact) mass is 495 g/mol. The first-order valence-corrected chi connectivity index (χ1v) is 12.9. The van der Waals surface area contributed by atoms with Crippen LogP contribution in [0.1, 0.15) is 44.4 Å². The van der Waals surface area contributed by atoms with Gasteiger partial charge in [-0.2, -0.15) is 0 Å². The van der Waals surface area contributed by atoms with E-state index in [9.17, 15) is 12.8 Å². The van der Waals surface area contributed by atoms with E-state index in [2.05, 4.69) is 25.5 Å². The average Bonchev–Trinajstić information content (AvgIpc) is 2.79. The van der Waals surface area contributed by atoms with Crippen LogP contribution >= 0.6 is 0 Å². The molecule has 0 aliphatic carbocycles. The molecule has 0 saturated heterocycles. The lowest BCUT2D eigenvalue weighted by Gasteiger charge is -2.31. The summed E-state index contributed by atoms with van der Waals surface area (Å²) in [6.07, 6.45) is 3.77. The van der Waals surface area contributed by atoms with Crippen LogP contribution in [0.3, 0.4) is 0 Å². The Balaban J connectivity index is 1.41. The van der Waals surface area contributed by atoms with Crippen LogP contribution in [0.2, 0.25) is 0 Å². The van der Waals surface area contributed by atoms with Gasteiger partial charge in [0.15, 0.2) is 0 Å². The van der Waals surface area contributed by atoms with Crippen molar-refractivity contribution in [3.05, 3.63) is 95.3 Å². The van der Waals surface area contributed by atoms with E-state index in [1.807, 2.05) is 31.2 Å². The summed E-state index contributed by atoms with van der Waals surface area (Å²) in [4.78, 5) is 0.207. The molecular formula is C28H30FNO4S. The third-order valence-corrected chi connectivity index (χ3v) is 7.19. The number of fused-ring (bicyclic) bond motifs is 1. The normalized spacial score (nSPS) is 17.5. The first-order valence-electron chi connectivity index (χ1n) is 11.4. The average molecular weight is 496 g/mol. The molecule has 4 rings (SSSR count). The number of rotatable bonds is 7. The molecule has 0 fully saturated rings. The Hall–Kier alpha value is -3.16. The lowest BCUT2D eigenvalue weighted by molar-refractivity contribution is 0.00626. The van der Waals surface area contributed by atoms with E-state index in [0.29, 0.717) is 11.4 Å². The highest BCUT2D eigenvalue weighted by molar-refractivity contribution is 7.92. The van der Waals surface area contributed by atoms with Gasteiger partial charge in [-0.15, -0.1) is 0 Å². The Kier molecular flexibility index (Phi) is 6.75. The van der Waals surface area contributed by atoms with Gasteiger partial charge in [0.05, 0.1) is 18.1 Å². The molecular weight excluding hydrogens is 465 g/mol. The highest BCUT2D eigenvalue weighted by Crippen LogP contribution is 2.34. The van der Waals surface area contributed by atoms with Gasteiger partial charge in [-0.25, -0.2) is 12.8 Å². The molecule has 1 unspecified atom stereocenters. The summed E-state index contributed by atoms with van der Waals surface area (Å²) in [5, 5.41) is 0. The van der Waals surface area contributed by atoms with Crippen molar-refractivity contribution in [2.75, 3.05) is 11.3 Å². The highest BCUT2D eigenvalue weighted by atomic mass is 32.2. The molecule has 184 valence electrons. The SMILES string of the molecule is CC1(COCc2cccc(F)c2)C=Cc2cc(NS(=O)(=O)c3ccc(C(C)(C)C)cc3)ccc2O1. The lowest BCUT2D eigenvalue weighted by atomic mass is 9.87. The van der Waals surface area contributed by atoms with E-state index in [4.69, 9.17) is 9.47 Å². The van der Waals surface area contributed by atoms with Gasteiger partial charge in [0.1, 0.15) is 17.2 Å². The van der Waals surface area contributed by atoms with E-state index in [1.54, 1.807) is 42.5 Å². The fourth-order valence-electron chi connectivity index (χ4n) is 3.81. The third-order valence-electron chi connectivity index (χ3n) is 5.80. The Labute approximate surface area is 206 Å². The molecule has 0 saturated carbocycles. The molecule has 7 heteroatoms. The van der Waals surface area contributed by atoms with Crippen molar-refractivity contribution in [2.24, 2.45) is 0 Å². The molecule has 1 aliphatic heterocycles. The molecule has 3 aromatic rings. The highest BCUT2D eigenvalue weighted by Gasteiger charge is 2.28. The molecule has 1 N–H and O–H groups in total. The van der Waals surface area contributed by atoms with Gasteiger partial charge in [-0.05, 0) is 72.0 Å². The van der Waals surface area contributed by atoms with E-state index in [1.165, 1.54) is 12.1 Å². The van der Waals surface area contributed by atoms with Crippen molar-refractivity contribution in [3.63, 3.8) is 0 Å². The standard InChI is InChI=1S/C28H30FNO4S/c1-27(2,3)22-8-11-25(12-9-22)35(31,32)30-24-10-13-26-21(17-24)14-15-28(4,34-26)19-33-18-20-6-5-7-23(29)16-20/h5-17,30H,18-19H2,1-4H3. The predicted molar refractivity (Wildman–Crippen MR) is 137 cm³/mol. The molecule has 0 bridgehead atoms. The Morgan fingerprint density at radius 1 is 1.03 bits per heavy atom. The van der Waals surface area contributed by atoms with Crippen LogP contribution in [0.5, 0.6) is 5.75 Å². The minimum atomic E-state index is -3.73. The number of hydrogen-bond acceptors (Lipinski definition) is 4. The number of halogens is 1. The quantitative estimate of drug-likeness (QED) is 0.417. The summed E-state index contributed by atoms with van der Waals surface area (Å²) >= 11 is 0. The number of anilines is 1. The smallest absolute Gasteiger partial charge is 0.261 e. The van der Waals surface area contributed by atoms with Gasteiger partial charge in [0.2, 0.25) is 0 Å². The maximum absolute atomic E-state index is 13.3. The second kappa shape index (κ2) is 9.47. The topological polar surface area (TPSA) is 64.6 Å². The fourth-order valence-corrected chi connectivity index (χ4v) is 4.86. The predicted octanol–water partition coefficient (Wildman–Crippen LogP) is 6.31. The molecule has 1 heterocycles. The summed E-state index contributed by atoms with van der Waals surface area (Å²) in [5.74, 6) is 0.329. The van der Waals surface area contributed by atoms with Crippen molar-refractivity contribution >= 4 is 21.8 Å². The first-order chi connectivity index (χ1) is 16.4. The molecule has 0 spiro atoms. The van der Waals surface area contributed by atoms with Crippen molar-refractivity contribution < 1.29 is 22.3 Å². The van der Waals surface area contributed by atoms with Gasteiger partial charge < -0.3 is 9.47 Å². The fraction of sp³-hybridized carbons (Fsp3) is 0.286. The maximum Gasteiger partial charge on any atom is 0.261 e. The van der Waals surface area contributed by atoms with Crippen LogP contribution in [0.15, 0.2) is 77.7 Å². The van der Waals surface area contributed by atoms with E-state index in [-0.39, 0.29) is 29.3 Å². The first kappa shape index (κ1) is 24.9. The Bertz CT molecular complexity index is 1340. The van der Waals surface area contributed by atoms with Crippen LogP contribution in [-0.4, -0.2) is 20.6 Å². The molecule has 3 aromatic carbocycles. The molecule has 0 amide bonds. The minimum absolute atomic E-state index is 0.0560. The van der Waals surface area contributed by atoms with Crippen LogP contribution in [0, 0.1) is 5.82 Å². The van der Waals surface area contributed by atoms with Crippen LogP contribution in [0.4, 0.5) is 10.1 Å². The second-order valence-corrected chi connectivity index (χ2v) is 11.7. The summed E-state index contributed by atoms with van der Waals surface area (Å²) in [6.45, 7) is 8.69. The van der Waals surface area contributed by atoms with Gasteiger partial charge in [-0.1, -0.05) is 51.1 Å². The summed E-state index contributed by atoms with van der Waals surface area (Å²) in [6, 6.07) is 18.4. The zero-order valence-electron chi connectivity index (χ0n) is 20.3. The van der Waals surface area contributed by atoms with Crippen molar-refractivity contribution in [3.8, 4) is 5.75 Å².